The molecule has 4 aliphatic rings. The highest BCUT2D eigenvalue weighted by molar-refractivity contribution is 9.09. The molecule has 0 radical (unpaired) electrons. The van der Waals surface area contributed by atoms with Crippen molar-refractivity contribution in [3.05, 3.63) is 220 Å². The van der Waals surface area contributed by atoms with Crippen molar-refractivity contribution < 1.29 is 104 Å². The zero-order chi connectivity index (χ0) is 107. The Morgan fingerprint density at radius 2 is 0.616 bits per heavy atom. The number of rotatable bonds is 46. The Morgan fingerprint density at radius 3 is 0.877 bits per heavy atom. The van der Waals surface area contributed by atoms with Gasteiger partial charge in [-0.2, -0.15) is 50.9 Å². The first-order chi connectivity index (χ1) is 68.7. The van der Waals surface area contributed by atoms with Crippen LogP contribution in [0.25, 0.3) is 0 Å². The Kier molecular flexibility index (Phi) is 45.1. The third-order valence-electron chi connectivity index (χ3n) is 23.0. The molecule has 48 nitrogen and oxygen atoms in total. The van der Waals surface area contributed by atoms with Gasteiger partial charge in [-0.25, -0.2) is 38.7 Å². The minimum atomic E-state index is -4.13. The van der Waals surface area contributed by atoms with E-state index in [0.29, 0.717) is 141 Å². The largest absolute Gasteiger partial charge is 0.368 e. The first-order valence-corrected chi connectivity index (χ1v) is 62.6. The van der Waals surface area contributed by atoms with Crippen LogP contribution in [0, 0.1) is 68.2 Å². The maximum absolute atomic E-state index is 13.9. The van der Waals surface area contributed by atoms with Crippen LogP contribution in [0.3, 0.4) is 0 Å². The number of benzene rings is 4. The van der Waals surface area contributed by atoms with E-state index in [2.05, 4.69) is 93.5 Å². The summed E-state index contributed by atoms with van der Waals surface area (Å²) in [7, 11) is -31.2. The molecular formula is C86H116Br4N20O28S8. The van der Waals surface area contributed by atoms with Crippen molar-refractivity contribution in [2.75, 3.05) is 259 Å². The summed E-state index contributed by atoms with van der Waals surface area (Å²) in [5, 5.41) is 48.1. The van der Waals surface area contributed by atoms with Crippen LogP contribution in [0.5, 0.6) is 0 Å². The third kappa shape index (κ3) is 35.0. The number of alkyl halides is 4. The van der Waals surface area contributed by atoms with E-state index in [1.165, 1.54) is 41.5 Å². The summed E-state index contributed by atoms with van der Waals surface area (Å²) in [6.07, 6.45) is 13.9. The molecule has 804 valence electrons. The minimum absolute atomic E-state index is 0.0628. The van der Waals surface area contributed by atoms with Gasteiger partial charge in [-0.3, -0.25) is 81.9 Å². The van der Waals surface area contributed by atoms with Crippen LogP contribution in [0.15, 0.2) is 166 Å². The molecule has 4 saturated heterocycles. The Labute approximate surface area is 884 Å². The predicted molar refractivity (Wildman–Crippen MR) is 566 cm³/mol. The van der Waals surface area contributed by atoms with Crippen LogP contribution >= 0.6 is 63.7 Å². The Balaban J connectivity index is 0.000000217. The molecule has 8 heterocycles. The number of hydrogen-bond donors (Lipinski definition) is 0. The van der Waals surface area contributed by atoms with Gasteiger partial charge in [0.15, 0.2) is 0 Å². The first kappa shape index (κ1) is 121. The average Bonchev–Trinajstić information content (AvgIpc) is 0.768. The van der Waals surface area contributed by atoms with Crippen LogP contribution < -0.4 is 29.4 Å². The number of nitro benzene ring substituents is 4. The van der Waals surface area contributed by atoms with Crippen molar-refractivity contribution in [2.24, 2.45) is 0 Å². The number of sulfonamides is 4. The zero-order valence-electron chi connectivity index (χ0n) is 81.1. The lowest BCUT2D eigenvalue weighted by atomic mass is 10.1. The van der Waals surface area contributed by atoms with Crippen molar-refractivity contribution in [2.45, 2.75) is 60.4 Å². The van der Waals surface area contributed by atoms with Gasteiger partial charge in [0.2, 0.25) is 40.1 Å². The van der Waals surface area contributed by atoms with E-state index in [9.17, 15) is 108 Å². The summed E-state index contributed by atoms with van der Waals surface area (Å²) in [6.45, 7) is 13.6. The second-order valence-corrected chi connectivity index (χ2v) is 50.9. The molecule has 0 spiro atoms. The first-order valence-electron chi connectivity index (χ1n) is 45.0. The fourth-order valence-corrected chi connectivity index (χ4v) is 26.5. The smallest absolute Gasteiger partial charge is 0.271 e. The van der Waals surface area contributed by atoms with E-state index in [1.807, 2.05) is 64.4 Å². The zero-order valence-corrected chi connectivity index (χ0v) is 93.9. The summed E-state index contributed by atoms with van der Waals surface area (Å²) < 4.78 is 227. The highest BCUT2D eigenvalue weighted by Gasteiger charge is 2.41. The molecule has 0 amide bonds. The van der Waals surface area contributed by atoms with Gasteiger partial charge in [0, 0.05) is 271 Å². The van der Waals surface area contributed by atoms with Crippen LogP contribution in [0.2, 0.25) is 0 Å². The van der Waals surface area contributed by atoms with E-state index in [-0.39, 0.29) is 164 Å². The molecule has 0 unspecified atom stereocenters. The molecule has 0 N–H and O–H groups in total. The number of nitrogens with zero attached hydrogens (tertiary/aromatic N) is 20. The Bertz CT molecular complexity index is 6390. The number of anilines is 6. The maximum atomic E-state index is 13.9. The standard InChI is InChI=1S/2C22H30BrN5O7S2.2C21H28BrN5O7S2/c1-18-14-20(28(29)30)15-21(22(18)26(7-5-23)12-13-35-36(2,31)32)37(33,34)27-10-8-25(9-11-27)17-19-4-3-6-24-16-19;1-18-15-20(28(29)30)16-21(22(18)26(8-6-23)13-14-35-36(2,31)32)37(33,34)27-11-9-25(10-12-27)17-19-5-3-4-7-24-19;1-17-14-19(27(28)29)15-20(21(17)25(7-5-22)12-13-34-35(2,30)31)36(32,33)26-10-8-24(9-11-26)18-4-3-6-23-16-18;1-17-15-18(27(28)29)16-19(21(17)25(8-6-22)13-14-34-35(2,30)31)36(32,33)26-11-9-24(10-12-26)20-5-3-4-7-23-20/h3-4,6,14-16H,5,7-13,17H2,1-2H3;3-5,7,15-16H,6,8-14,17H2,1-2H3;3-4,6,14-16H,5,7-13H2,1-2H3;3-5,7,15-16H,6,8-14H2,1-2H3. The van der Waals surface area contributed by atoms with Gasteiger partial charge in [0.1, 0.15) is 25.4 Å². The Morgan fingerprint density at radius 1 is 0.329 bits per heavy atom. The van der Waals surface area contributed by atoms with Crippen molar-refractivity contribution in [3.63, 3.8) is 0 Å². The molecule has 146 heavy (non-hydrogen) atoms. The van der Waals surface area contributed by atoms with E-state index in [1.54, 1.807) is 90.5 Å². The lowest BCUT2D eigenvalue weighted by Gasteiger charge is -2.36. The molecule has 0 atom stereocenters. The fraction of sp³-hybridized carbons (Fsp3) is 0.488. The van der Waals surface area contributed by atoms with Gasteiger partial charge >= 0.3 is 0 Å². The summed E-state index contributed by atoms with van der Waals surface area (Å²) in [5.41, 5.74) is 4.15. The molecule has 8 aromatic rings. The number of non-ortho nitro benzene ring substituents is 4. The number of nitro groups is 4. The summed E-state index contributed by atoms with van der Waals surface area (Å²) >= 11 is 13.4. The van der Waals surface area contributed by atoms with E-state index in [4.69, 9.17) is 16.7 Å². The number of piperazine rings is 4. The van der Waals surface area contributed by atoms with E-state index < -0.39 is 100 Å². The molecule has 0 aliphatic carbocycles. The highest BCUT2D eigenvalue weighted by Crippen LogP contribution is 2.42. The SMILES string of the molecule is Cc1cc([N+](=O)[O-])cc(S(=O)(=O)N2CCN(Cc3ccccn3)CC2)c1N(CCBr)CCOS(C)(=O)=O.Cc1cc([N+](=O)[O-])cc(S(=O)(=O)N2CCN(Cc3cccnc3)CC2)c1N(CCBr)CCOS(C)(=O)=O.Cc1cc([N+](=O)[O-])cc(S(=O)(=O)N2CCN(c3ccccn3)CC2)c1N(CCBr)CCOS(C)(=O)=O.Cc1cc([N+](=O)[O-])cc(S(=O)(=O)N2CCN(c3cccnc3)CC2)c1N(CCBr)CCOS(C)(=O)=O. The molecule has 4 aromatic carbocycles. The molecule has 60 heteroatoms. The lowest BCUT2D eigenvalue weighted by molar-refractivity contribution is -0.385. The van der Waals surface area contributed by atoms with Crippen LogP contribution in [0.1, 0.15) is 33.5 Å². The molecule has 4 fully saturated rings. The van der Waals surface area contributed by atoms with Gasteiger partial charge < -0.3 is 29.4 Å². The van der Waals surface area contributed by atoms with Gasteiger partial charge in [-0.1, -0.05) is 81.9 Å². The molecule has 4 aromatic heterocycles. The summed E-state index contributed by atoms with van der Waals surface area (Å²) in [5.74, 6) is 0.746. The lowest BCUT2D eigenvalue weighted by Crippen LogP contribution is -2.49. The average molecular weight is 2450 g/mol. The van der Waals surface area contributed by atoms with Crippen molar-refractivity contribution in [3.8, 4) is 0 Å². The number of halogens is 4. The van der Waals surface area contributed by atoms with Crippen molar-refractivity contribution >= 4 is 201 Å². The van der Waals surface area contributed by atoms with Crippen LogP contribution in [0.4, 0.5) is 57.0 Å². The fourth-order valence-electron chi connectivity index (χ4n) is 16.4. The molecule has 4 aliphatic heterocycles. The second kappa shape index (κ2) is 54.6. The van der Waals surface area contributed by atoms with E-state index in [0.717, 1.165) is 72.1 Å². The highest BCUT2D eigenvalue weighted by atomic mass is 79.9. The van der Waals surface area contributed by atoms with Crippen molar-refractivity contribution in [1.82, 2.24) is 47.0 Å². The summed E-state index contributed by atoms with van der Waals surface area (Å²) in [4.78, 5) is 74.8. The quantitative estimate of drug-likeness (QED) is 0.0151. The number of aromatic nitrogens is 4. The molecular weight excluding hydrogens is 2340 g/mol. The summed E-state index contributed by atoms with van der Waals surface area (Å²) in [6, 6.07) is 28.2. The maximum Gasteiger partial charge on any atom is 0.271 e. The minimum Gasteiger partial charge on any atom is -0.368 e. The number of pyridine rings is 4. The van der Waals surface area contributed by atoms with Gasteiger partial charge in [-0.15, -0.1) is 0 Å². The van der Waals surface area contributed by atoms with Crippen LogP contribution in [-0.4, -0.2) is 364 Å². The molecule has 0 bridgehead atoms. The monoisotopic (exact) mass is 2450 g/mol. The predicted octanol–water partition coefficient (Wildman–Crippen LogP) is 7.94. The topological polar surface area (TPSA) is 573 Å². The Hall–Kier alpha value is -9.00. The third-order valence-corrected chi connectivity index (χ3v) is 34.4. The number of aryl methyl sites for hydroxylation is 4. The normalized spacial score (nSPS) is 15.3. The molecule has 0 saturated carbocycles. The van der Waals surface area contributed by atoms with Crippen molar-refractivity contribution in [1.29, 1.82) is 0 Å². The van der Waals surface area contributed by atoms with Gasteiger partial charge in [-0.05, 0) is 98.0 Å². The van der Waals surface area contributed by atoms with Crippen LogP contribution in [-0.2, 0) is 110 Å². The second-order valence-electron chi connectivity index (χ2n) is 33.5. The van der Waals surface area contributed by atoms with Gasteiger partial charge in [0.25, 0.3) is 63.2 Å². The van der Waals surface area contributed by atoms with Gasteiger partial charge in [0.05, 0.1) is 111 Å². The number of hydrogen-bond acceptors (Lipinski definition) is 40. The van der Waals surface area contributed by atoms with E-state index >= 15 is 0 Å². The molecule has 12 rings (SSSR count).